The van der Waals surface area contributed by atoms with Gasteiger partial charge in [-0.15, -0.1) is 0 Å². The minimum atomic E-state index is 0.137. The second-order valence-corrected chi connectivity index (χ2v) is 6.33. The molecule has 1 aliphatic carbocycles. The molecule has 0 N–H and O–H groups in total. The first-order valence-corrected chi connectivity index (χ1v) is 8.33. The molecular weight excluding hydrogens is 280 g/mol. The number of carbonyl (C=O) groups excluding carboxylic acids is 1. The van der Waals surface area contributed by atoms with Crippen LogP contribution in [0.15, 0.2) is 65.8 Å². The van der Waals surface area contributed by atoms with Gasteiger partial charge in [-0.05, 0) is 50.2 Å². The van der Waals surface area contributed by atoms with Crippen LogP contribution in [0.25, 0.3) is 6.08 Å². The zero-order valence-corrected chi connectivity index (χ0v) is 14.4. The second-order valence-electron chi connectivity index (χ2n) is 6.33. The first kappa shape index (κ1) is 17.2. The molecule has 0 fully saturated rings. The Hall–Kier alpha value is -2.15. The minimum Gasteiger partial charge on any atom is -0.289 e. The number of hydrogen-bond donors (Lipinski definition) is 0. The van der Waals surface area contributed by atoms with E-state index < -0.39 is 0 Å². The topological polar surface area (TPSA) is 17.1 Å². The van der Waals surface area contributed by atoms with Crippen molar-refractivity contribution in [3.8, 4) is 0 Å². The summed E-state index contributed by atoms with van der Waals surface area (Å²) in [6.45, 7) is 10.1. The SMILES string of the molecule is C=Cc1ccc(C(=O)C(=CC)CC(C)C2=CC=C(C)CC2)cc1. The Morgan fingerprint density at radius 1 is 1.22 bits per heavy atom. The lowest BCUT2D eigenvalue weighted by molar-refractivity contribution is 0.102. The molecule has 1 aromatic carbocycles. The summed E-state index contributed by atoms with van der Waals surface area (Å²) in [6, 6.07) is 7.65. The predicted molar refractivity (Wildman–Crippen MR) is 99.5 cm³/mol. The molecule has 2 rings (SSSR count). The van der Waals surface area contributed by atoms with Gasteiger partial charge in [0.2, 0.25) is 0 Å². The lowest BCUT2D eigenvalue weighted by Crippen LogP contribution is -2.10. The van der Waals surface area contributed by atoms with E-state index in [-0.39, 0.29) is 5.78 Å². The van der Waals surface area contributed by atoms with Gasteiger partial charge in [0.15, 0.2) is 5.78 Å². The minimum absolute atomic E-state index is 0.137. The molecule has 1 aromatic rings. The van der Waals surface area contributed by atoms with Crippen molar-refractivity contribution in [3.05, 3.63) is 76.9 Å². The molecule has 120 valence electrons. The van der Waals surface area contributed by atoms with Crippen molar-refractivity contribution >= 4 is 11.9 Å². The number of ketones is 1. The maximum atomic E-state index is 12.7. The van der Waals surface area contributed by atoms with Crippen LogP contribution in [0.2, 0.25) is 0 Å². The fourth-order valence-electron chi connectivity index (χ4n) is 2.93. The van der Waals surface area contributed by atoms with E-state index in [1.54, 1.807) is 6.08 Å². The molecule has 0 aliphatic heterocycles. The third-order valence-corrected chi connectivity index (χ3v) is 4.60. The van der Waals surface area contributed by atoms with E-state index in [4.69, 9.17) is 0 Å². The molecule has 1 nitrogen and oxygen atoms in total. The lowest BCUT2D eigenvalue weighted by Gasteiger charge is -2.20. The van der Waals surface area contributed by atoms with Crippen LogP contribution in [0.5, 0.6) is 0 Å². The zero-order valence-electron chi connectivity index (χ0n) is 14.4. The van der Waals surface area contributed by atoms with Crippen molar-refractivity contribution in [2.24, 2.45) is 5.92 Å². The van der Waals surface area contributed by atoms with Gasteiger partial charge in [-0.1, -0.05) is 73.2 Å². The highest BCUT2D eigenvalue weighted by molar-refractivity contribution is 6.08. The monoisotopic (exact) mass is 306 g/mol. The Bertz CT molecular complexity index is 668. The van der Waals surface area contributed by atoms with Gasteiger partial charge in [0.25, 0.3) is 0 Å². The number of carbonyl (C=O) groups is 1. The maximum absolute atomic E-state index is 12.7. The van der Waals surface area contributed by atoms with Crippen molar-refractivity contribution in [3.63, 3.8) is 0 Å². The Morgan fingerprint density at radius 2 is 1.91 bits per heavy atom. The van der Waals surface area contributed by atoms with Crippen molar-refractivity contribution in [1.29, 1.82) is 0 Å². The second kappa shape index (κ2) is 7.92. The third-order valence-electron chi connectivity index (χ3n) is 4.60. The summed E-state index contributed by atoms with van der Waals surface area (Å²) in [5.41, 5.74) is 5.57. The molecule has 0 spiro atoms. The van der Waals surface area contributed by atoms with Crippen LogP contribution in [0.1, 0.15) is 56.0 Å². The molecule has 0 bridgehead atoms. The standard InChI is InChI=1S/C22H26O/c1-5-18-9-13-21(14-10-18)22(23)19(6-2)15-17(4)20-11-7-16(3)8-12-20/h5-7,9-11,13-14,17H,1,8,12,15H2,2-4H3. The van der Waals surface area contributed by atoms with Crippen LogP contribution in [0.3, 0.4) is 0 Å². The average Bonchev–Trinajstić information content (AvgIpc) is 2.59. The highest BCUT2D eigenvalue weighted by Gasteiger charge is 2.18. The van der Waals surface area contributed by atoms with E-state index >= 15 is 0 Å². The molecule has 0 amide bonds. The average molecular weight is 306 g/mol. The predicted octanol–water partition coefficient (Wildman–Crippen LogP) is 6.15. The molecule has 0 radical (unpaired) electrons. The van der Waals surface area contributed by atoms with Crippen LogP contribution in [0, 0.1) is 5.92 Å². The highest BCUT2D eigenvalue weighted by atomic mass is 16.1. The van der Waals surface area contributed by atoms with Crippen LogP contribution in [-0.4, -0.2) is 5.78 Å². The smallest absolute Gasteiger partial charge is 0.188 e. The summed E-state index contributed by atoms with van der Waals surface area (Å²) in [6.07, 6.45) is 11.3. The molecule has 1 aliphatic rings. The molecular formula is C22H26O. The van der Waals surface area contributed by atoms with Gasteiger partial charge in [-0.25, -0.2) is 0 Å². The zero-order chi connectivity index (χ0) is 16.8. The quantitative estimate of drug-likeness (QED) is 0.455. The van der Waals surface area contributed by atoms with Gasteiger partial charge in [0, 0.05) is 5.56 Å². The van der Waals surface area contributed by atoms with Gasteiger partial charge in [-0.3, -0.25) is 4.79 Å². The Morgan fingerprint density at radius 3 is 2.43 bits per heavy atom. The summed E-state index contributed by atoms with van der Waals surface area (Å²) < 4.78 is 0. The van der Waals surface area contributed by atoms with E-state index in [9.17, 15) is 4.79 Å². The summed E-state index contributed by atoms with van der Waals surface area (Å²) in [5, 5.41) is 0. The molecule has 1 heteroatoms. The molecule has 1 unspecified atom stereocenters. The van der Waals surface area contributed by atoms with E-state index in [0.29, 0.717) is 5.92 Å². The van der Waals surface area contributed by atoms with Crippen molar-refractivity contribution < 1.29 is 4.79 Å². The fraction of sp³-hybridized carbons (Fsp3) is 0.318. The third kappa shape index (κ3) is 4.41. The number of hydrogen-bond acceptors (Lipinski definition) is 1. The first-order valence-electron chi connectivity index (χ1n) is 8.33. The van der Waals surface area contributed by atoms with Gasteiger partial charge in [0.1, 0.15) is 0 Å². The number of Topliss-reactive ketones (excluding diaryl/α,β-unsaturated/α-hetero) is 1. The van der Waals surface area contributed by atoms with E-state index in [2.05, 4.69) is 32.6 Å². The number of allylic oxidation sites excluding steroid dienone is 6. The molecule has 23 heavy (non-hydrogen) atoms. The van der Waals surface area contributed by atoms with Crippen LogP contribution in [-0.2, 0) is 0 Å². The van der Waals surface area contributed by atoms with Crippen LogP contribution in [0.4, 0.5) is 0 Å². The molecule has 0 heterocycles. The largest absolute Gasteiger partial charge is 0.289 e. The Kier molecular flexibility index (Phi) is 5.92. The normalized spacial score (nSPS) is 16.4. The molecule has 0 saturated heterocycles. The molecule has 1 atom stereocenters. The van der Waals surface area contributed by atoms with E-state index in [1.807, 2.05) is 37.3 Å². The van der Waals surface area contributed by atoms with Crippen LogP contribution < -0.4 is 0 Å². The molecule has 0 saturated carbocycles. The lowest BCUT2D eigenvalue weighted by atomic mass is 9.85. The van der Waals surface area contributed by atoms with Crippen molar-refractivity contribution in [1.82, 2.24) is 0 Å². The van der Waals surface area contributed by atoms with Gasteiger partial charge >= 0.3 is 0 Å². The van der Waals surface area contributed by atoms with Gasteiger partial charge < -0.3 is 0 Å². The number of rotatable bonds is 6. The summed E-state index contributed by atoms with van der Waals surface area (Å²) in [5.74, 6) is 0.542. The van der Waals surface area contributed by atoms with E-state index in [1.165, 1.54) is 11.1 Å². The summed E-state index contributed by atoms with van der Waals surface area (Å²) in [7, 11) is 0. The summed E-state index contributed by atoms with van der Waals surface area (Å²) in [4.78, 5) is 12.7. The summed E-state index contributed by atoms with van der Waals surface area (Å²) >= 11 is 0. The van der Waals surface area contributed by atoms with Gasteiger partial charge in [-0.2, -0.15) is 0 Å². The van der Waals surface area contributed by atoms with Crippen molar-refractivity contribution in [2.45, 2.75) is 40.0 Å². The first-order chi connectivity index (χ1) is 11.0. The van der Waals surface area contributed by atoms with E-state index in [0.717, 1.165) is 36.0 Å². The Labute approximate surface area is 140 Å². The Balaban J connectivity index is 2.10. The number of benzene rings is 1. The fourth-order valence-corrected chi connectivity index (χ4v) is 2.93. The van der Waals surface area contributed by atoms with Gasteiger partial charge in [0.05, 0.1) is 0 Å². The molecule has 0 aromatic heterocycles. The van der Waals surface area contributed by atoms with Crippen LogP contribution >= 0.6 is 0 Å². The van der Waals surface area contributed by atoms with Crippen molar-refractivity contribution in [2.75, 3.05) is 0 Å². The highest BCUT2D eigenvalue weighted by Crippen LogP contribution is 2.29. The maximum Gasteiger partial charge on any atom is 0.188 e.